The first-order valence-corrected chi connectivity index (χ1v) is 7.94. The highest BCUT2D eigenvalue weighted by atomic mass is 35.5. The Hall–Kier alpha value is -2.57. The second-order valence-electron chi connectivity index (χ2n) is 5.26. The van der Waals surface area contributed by atoms with Crippen LogP contribution in [0.3, 0.4) is 0 Å². The molecule has 120 valence electrons. The van der Waals surface area contributed by atoms with E-state index in [4.69, 9.17) is 28.9 Å². The Morgan fingerprint density at radius 1 is 1.08 bits per heavy atom. The number of nitrogens with zero attached hydrogens (tertiary/aromatic N) is 4. The molecule has 0 aliphatic carbocycles. The Labute approximate surface area is 147 Å². The van der Waals surface area contributed by atoms with Crippen molar-refractivity contribution in [1.82, 2.24) is 24.5 Å². The van der Waals surface area contributed by atoms with Gasteiger partial charge in [-0.05, 0) is 24.3 Å². The van der Waals surface area contributed by atoms with Crippen molar-refractivity contribution in [2.24, 2.45) is 0 Å². The number of H-pyrrole nitrogens is 1. The van der Waals surface area contributed by atoms with Gasteiger partial charge < -0.3 is 15.3 Å². The van der Waals surface area contributed by atoms with E-state index in [0.717, 1.165) is 11.3 Å². The highest BCUT2D eigenvalue weighted by Gasteiger charge is 2.20. The van der Waals surface area contributed by atoms with Crippen molar-refractivity contribution in [3.05, 3.63) is 58.5 Å². The molecule has 0 unspecified atom stereocenters. The van der Waals surface area contributed by atoms with Gasteiger partial charge in [0.05, 0.1) is 18.6 Å². The molecule has 0 bridgehead atoms. The molecule has 0 saturated carbocycles. The van der Waals surface area contributed by atoms with Crippen molar-refractivity contribution in [1.29, 1.82) is 0 Å². The third kappa shape index (κ3) is 2.50. The molecule has 0 radical (unpaired) electrons. The Bertz CT molecular complexity index is 956. The lowest BCUT2D eigenvalue weighted by atomic mass is 10.2. The summed E-state index contributed by atoms with van der Waals surface area (Å²) in [5.74, 6) is 1.52. The summed E-state index contributed by atoms with van der Waals surface area (Å²) in [7, 11) is 0. The first kappa shape index (κ1) is 15.0. The summed E-state index contributed by atoms with van der Waals surface area (Å²) in [6.07, 6.45) is 3.43. The molecule has 0 saturated heterocycles. The largest absolute Gasteiger partial charge is 0.382 e. The zero-order valence-electron chi connectivity index (χ0n) is 12.4. The van der Waals surface area contributed by atoms with Crippen LogP contribution in [0.25, 0.3) is 23.0 Å². The minimum absolute atomic E-state index is 0.330. The summed E-state index contributed by atoms with van der Waals surface area (Å²) in [6.45, 7) is 0.422. The van der Waals surface area contributed by atoms with Gasteiger partial charge in [0.2, 0.25) is 0 Å². The van der Waals surface area contributed by atoms with Crippen LogP contribution < -0.4 is 5.73 Å². The molecule has 6 nitrogen and oxygen atoms in total. The highest BCUT2D eigenvalue weighted by Crippen LogP contribution is 2.30. The molecule has 4 rings (SSSR count). The van der Waals surface area contributed by atoms with Crippen molar-refractivity contribution in [2.45, 2.75) is 6.54 Å². The molecule has 1 aromatic carbocycles. The number of aromatic amines is 1. The van der Waals surface area contributed by atoms with Gasteiger partial charge in [0.25, 0.3) is 0 Å². The summed E-state index contributed by atoms with van der Waals surface area (Å²) >= 11 is 12.5. The number of nitrogens with two attached hydrogens (primary N) is 1. The summed E-state index contributed by atoms with van der Waals surface area (Å²) in [5.41, 5.74) is 8.11. The van der Waals surface area contributed by atoms with Crippen LogP contribution >= 0.6 is 23.2 Å². The van der Waals surface area contributed by atoms with Crippen LogP contribution in [0, 0.1) is 0 Å². The number of fused-ring (bicyclic) bond motifs is 1. The third-order valence-corrected chi connectivity index (χ3v) is 4.43. The summed E-state index contributed by atoms with van der Waals surface area (Å²) in [5, 5.41) is 1.17. The minimum Gasteiger partial charge on any atom is -0.382 e. The number of aromatic nitrogens is 5. The second-order valence-corrected chi connectivity index (χ2v) is 6.08. The number of nitrogen functional groups attached to an aromatic ring is 1. The number of hydrogen-bond acceptors (Lipinski definition) is 4. The van der Waals surface area contributed by atoms with Crippen molar-refractivity contribution < 1.29 is 0 Å². The Morgan fingerprint density at radius 3 is 2.58 bits per heavy atom. The monoisotopic (exact) mass is 358 g/mol. The van der Waals surface area contributed by atoms with Crippen LogP contribution in [0.5, 0.6) is 0 Å². The maximum absolute atomic E-state index is 6.26. The molecule has 1 aromatic heterocycles. The van der Waals surface area contributed by atoms with Gasteiger partial charge in [0.1, 0.15) is 0 Å². The first-order chi connectivity index (χ1) is 11.6. The lowest BCUT2D eigenvalue weighted by Gasteiger charge is -2.13. The molecule has 0 spiro atoms. The molecule has 2 aliphatic rings. The molecule has 3 N–H and O–H groups in total. The van der Waals surface area contributed by atoms with E-state index in [9.17, 15) is 0 Å². The topological polar surface area (TPSA) is 85.4 Å². The molecular weight excluding hydrogens is 347 g/mol. The minimum atomic E-state index is 0.330. The quantitative estimate of drug-likeness (QED) is 0.584. The third-order valence-electron chi connectivity index (χ3n) is 3.72. The smallest absolute Gasteiger partial charge is 0.178 e. The van der Waals surface area contributed by atoms with E-state index in [0.29, 0.717) is 39.8 Å². The van der Waals surface area contributed by atoms with Crippen molar-refractivity contribution in [3.8, 4) is 23.0 Å². The van der Waals surface area contributed by atoms with Crippen LogP contribution in [0.1, 0.15) is 5.56 Å². The molecule has 2 aliphatic heterocycles. The van der Waals surface area contributed by atoms with Crippen LogP contribution in [-0.2, 0) is 6.54 Å². The average molecular weight is 359 g/mol. The standard InChI is InChI=1S/C16H12Cl2N6/c17-10-3-1-4-11(18)9(10)7-24-8-21-14(19)13-16(24)23-15(22-13)12-5-2-6-20-12/h1-6,8,20H,7,19H2. The average Bonchev–Trinajstić information content (AvgIpc) is 3.22. The molecule has 0 atom stereocenters. The van der Waals surface area contributed by atoms with Gasteiger partial charge in [0.15, 0.2) is 23.2 Å². The predicted octanol–water partition coefficient (Wildman–Crippen LogP) is 3.71. The van der Waals surface area contributed by atoms with Crippen LogP contribution in [0.2, 0.25) is 10.0 Å². The van der Waals surface area contributed by atoms with E-state index in [1.807, 2.05) is 22.9 Å². The number of anilines is 1. The number of halogens is 2. The molecule has 3 heterocycles. The van der Waals surface area contributed by atoms with Gasteiger partial charge in [-0.2, -0.15) is 0 Å². The molecule has 0 amide bonds. The van der Waals surface area contributed by atoms with Crippen molar-refractivity contribution >= 4 is 29.0 Å². The zero-order chi connectivity index (χ0) is 16.7. The SMILES string of the molecule is Nc1ncn(Cc2c(Cl)cccc2Cl)c2nc(-c3ccc[nH]3)nc1-2. The molecule has 24 heavy (non-hydrogen) atoms. The van der Waals surface area contributed by atoms with Gasteiger partial charge in [-0.15, -0.1) is 0 Å². The number of nitrogens with one attached hydrogen (secondary N) is 1. The van der Waals surface area contributed by atoms with E-state index >= 15 is 0 Å². The van der Waals surface area contributed by atoms with E-state index in [1.165, 1.54) is 0 Å². The number of imidazole rings is 1. The van der Waals surface area contributed by atoms with Gasteiger partial charge in [0, 0.05) is 21.8 Å². The van der Waals surface area contributed by atoms with Crippen molar-refractivity contribution in [3.63, 3.8) is 0 Å². The van der Waals surface area contributed by atoms with Crippen LogP contribution in [-0.4, -0.2) is 24.5 Å². The zero-order valence-corrected chi connectivity index (χ0v) is 13.9. The van der Waals surface area contributed by atoms with Gasteiger partial charge in [-0.1, -0.05) is 29.3 Å². The number of rotatable bonds is 3. The second kappa shape index (κ2) is 5.81. The molecule has 2 aromatic rings. The summed E-state index contributed by atoms with van der Waals surface area (Å²) in [4.78, 5) is 16.4. The van der Waals surface area contributed by atoms with E-state index in [-0.39, 0.29) is 0 Å². The highest BCUT2D eigenvalue weighted by molar-refractivity contribution is 6.35. The molecular formula is C16H12Cl2N6. The van der Waals surface area contributed by atoms with Gasteiger partial charge in [-0.3, -0.25) is 0 Å². The fourth-order valence-corrected chi connectivity index (χ4v) is 3.03. The van der Waals surface area contributed by atoms with E-state index in [2.05, 4.69) is 19.9 Å². The lowest BCUT2D eigenvalue weighted by molar-refractivity contribution is 0.763. The lowest BCUT2D eigenvalue weighted by Crippen LogP contribution is -2.09. The fraction of sp³-hybridized carbons (Fsp3) is 0.0625. The maximum atomic E-state index is 6.26. The van der Waals surface area contributed by atoms with Crippen LogP contribution in [0.4, 0.5) is 5.82 Å². The van der Waals surface area contributed by atoms with Crippen LogP contribution in [0.15, 0.2) is 42.9 Å². The number of benzene rings is 1. The summed E-state index contributed by atoms with van der Waals surface area (Å²) in [6, 6.07) is 9.18. The predicted molar refractivity (Wildman–Crippen MR) is 94.2 cm³/mol. The Balaban J connectivity index is 1.83. The van der Waals surface area contributed by atoms with Gasteiger partial charge >= 0.3 is 0 Å². The Morgan fingerprint density at radius 2 is 1.88 bits per heavy atom. The van der Waals surface area contributed by atoms with E-state index < -0.39 is 0 Å². The first-order valence-electron chi connectivity index (χ1n) is 7.18. The van der Waals surface area contributed by atoms with E-state index in [1.54, 1.807) is 24.5 Å². The normalized spacial score (nSPS) is 11.2. The van der Waals surface area contributed by atoms with Gasteiger partial charge in [-0.25, -0.2) is 15.0 Å². The van der Waals surface area contributed by atoms with Crippen molar-refractivity contribution in [2.75, 3.05) is 5.73 Å². The summed E-state index contributed by atoms with van der Waals surface area (Å²) < 4.78 is 1.83. The fourth-order valence-electron chi connectivity index (χ4n) is 2.51. The Kier molecular flexibility index (Phi) is 3.63. The molecule has 8 heteroatoms. The number of hydrogen-bond donors (Lipinski definition) is 2. The maximum Gasteiger partial charge on any atom is 0.178 e. The molecule has 0 fully saturated rings.